The largest absolute Gasteiger partial charge is 0.495 e. The van der Waals surface area contributed by atoms with Crippen molar-refractivity contribution < 1.29 is 4.74 Å². The molecule has 0 saturated heterocycles. The van der Waals surface area contributed by atoms with Crippen molar-refractivity contribution in [3.8, 4) is 17.6 Å². The van der Waals surface area contributed by atoms with Gasteiger partial charge >= 0.3 is 0 Å². The van der Waals surface area contributed by atoms with E-state index >= 15 is 0 Å². The maximum atomic E-state index is 12.8. The smallest absolute Gasteiger partial charge is 0.270 e. The molecular weight excluding hydrogens is 298 g/mol. The van der Waals surface area contributed by atoms with Gasteiger partial charge in [0.1, 0.15) is 11.3 Å². The summed E-state index contributed by atoms with van der Waals surface area (Å²) in [4.78, 5) is 12.8. The van der Waals surface area contributed by atoms with Gasteiger partial charge in [0, 0.05) is 11.8 Å². The third kappa shape index (κ3) is 3.56. The van der Waals surface area contributed by atoms with Crippen molar-refractivity contribution in [2.75, 3.05) is 7.11 Å². The highest BCUT2D eigenvalue weighted by Crippen LogP contribution is 2.13. The fourth-order valence-electron chi connectivity index (χ4n) is 2.40. The van der Waals surface area contributed by atoms with Gasteiger partial charge in [0.2, 0.25) is 0 Å². The Kier molecular flexibility index (Phi) is 4.78. The molecule has 118 valence electrons. The van der Waals surface area contributed by atoms with Crippen LogP contribution < -0.4 is 10.3 Å². The van der Waals surface area contributed by atoms with Gasteiger partial charge in [0.25, 0.3) is 5.56 Å². The summed E-state index contributed by atoms with van der Waals surface area (Å²) in [6.45, 7) is 0.504. The first-order valence-corrected chi connectivity index (χ1v) is 7.66. The molecule has 0 aliphatic rings. The lowest BCUT2D eigenvalue weighted by Gasteiger charge is -2.09. The summed E-state index contributed by atoms with van der Waals surface area (Å²) < 4.78 is 6.95. The molecule has 24 heavy (non-hydrogen) atoms. The van der Waals surface area contributed by atoms with Crippen molar-refractivity contribution >= 4 is 0 Å². The SMILES string of the molecule is COc1ccn(Cc2ccccc2)c(=O)c1C#Cc1ccccc1. The molecule has 3 nitrogen and oxygen atoms in total. The molecule has 3 rings (SSSR count). The summed E-state index contributed by atoms with van der Waals surface area (Å²) in [6, 6.07) is 21.2. The first-order valence-electron chi connectivity index (χ1n) is 7.66. The maximum Gasteiger partial charge on any atom is 0.270 e. The number of benzene rings is 2. The molecule has 0 aliphatic heterocycles. The summed E-state index contributed by atoms with van der Waals surface area (Å²) in [6.07, 6.45) is 1.74. The number of rotatable bonds is 3. The van der Waals surface area contributed by atoms with E-state index in [4.69, 9.17) is 4.74 Å². The molecule has 0 bridgehead atoms. The van der Waals surface area contributed by atoms with Crippen LogP contribution in [0.2, 0.25) is 0 Å². The highest BCUT2D eigenvalue weighted by atomic mass is 16.5. The zero-order valence-electron chi connectivity index (χ0n) is 13.4. The van der Waals surface area contributed by atoms with E-state index < -0.39 is 0 Å². The molecule has 0 unspecified atom stereocenters. The standard InChI is InChI=1S/C21H17NO2/c1-24-20-14-15-22(16-18-10-6-3-7-11-18)21(23)19(20)13-12-17-8-4-2-5-9-17/h2-11,14-15H,16H2,1H3. The lowest BCUT2D eigenvalue weighted by molar-refractivity contribution is 0.411. The van der Waals surface area contributed by atoms with Gasteiger partial charge in [-0.2, -0.15) is 0 Å². The Morgan fingerprint density at radius 2 is 1.58 bits per heavy atom. The van der Waals surface area contributed by atoms with Crippen molar-refractivity contribution in [1.29, 1.82) is 0 Å². The van der Waals surface area contributed by atoms with Gasteiger partial charge in [-0.15, -0.1) is 0 Å². The van der Waals surface area contributed by atoms with E-state index in [1.807, 2.05) is 60.7 Å². The van der Waals surface area contributed by atoms with Crippen molar-refractivity contribution in [2.45, 2.75) is 6.54 Å². The second-order valence-electron chi connectivity index (χ2n) is 5.29. The van der Waals surface area contributed by atoms with Crippen molar-refractivity contribution in [3.05, 3.63) is 100.0 Å². The van der Waals surface area contributed by atoms with E-state index in [2.05, 4.69) is 11.8 Å². The van der Waals surface area contributed by atoms with Crippen molar-refractivity contribution in [1.82, 2.24) is 4.57 Å². The molecule has 2 aromatic carbocycles. The third-order valence-corrected chi connectivity index (χ3v) is 3.65. The van der Waals surface area contributed by atoms with Crippen LogP contribution in [0.15, 0.2) is 77.7 Å². The van der Waals surface area contributed by atoms with Gasteiger partial charge in [-0.1, -0.05) is 60.4 Å². The fourth-order valence-corrected chi connectivity index (χ4v) is 2.40. The van der Waals surface area contributed by atoms with Crippen LogP contribution in [0.25, 0.3) is 0 Å². The average Bonchev–Trinajstić information content (AvgIpc) is 2.64. The first kappa shape index (κ1) is 15.6. The minimum Gasteiger partial charge on any atom is -0.495 e. The summed E-state index contributed by atoms with van der Waals surface area (Å²) in [5, 5.41) is 0. The predicted molar refractivity (Wildman–Crippen MR) is 95.2 cm³/mol. The predicted octanol–water partition coefficient (Wildman–Crippen LogP) is 3.31. The van der Waals surface area contributed by atoms with Crippen LogP contribution >= 0.6 is 0 Å². The van der Waals surface area contributed by atoms with E-state index in [0.717, 1.165) is 11.1 Å². The monoisotopic (exact) mass is 315 g/mol. The van der Waals surface area contributed by atoms with Crippen molar-refractivity contribution in [2.24, 2.45) is 0 Å². The zero-order chi connectivity index (χ0) is 16.8. The normalized spacial score (nSPS) is 9.88. The minimum atomic E-state index is -0.151. The Hall–Kier alpha value is -3.25. The van der Waals surface area contributed by atoms with E-state index in [9.17, 15) is 4.79 Å². The summed E-state index contributed by atoms with van der Waals surface area (Å²) >= 11 is 0. The van der Waals surface area contributed by atoms with E-state index in [0.29, 0.717) is 17.9 Å². The van der Waals surface area contributed by atoms with Crippen LogP contribution in [0.4, 0.5) is 0 Å². The van der Waals surface area contributed by atoms with Crippen LogP contribution in [0.5, 0.6) is 5.75 Å². The fraction of sp³-hybridized carbons (Fsp3) is 0.0952. The number of hydrogen-bond donors (Lipinski definition) is 0. The number of aromatic nitrogens is 1. The third-order valence-electron chi connectivity index (χ3n) is 3.65. The molecule has 3 aromatic rings. The number of nitrogens with zero attached hydrogens (tertiary/aromatic N) is 1. The number of ether oxygens (including phenoxy) is 1. The molecule has 0 N–H and O–H groups in total. The van der Waals surface area contributed by atoms with Crippen LogP contribution in [0, 0.1) is 11.8 Å². The Bertz CT molecular complexity index is 932. The van der Waals surface area contributed by atoms with E-state index in [-0.39, 0.29) is 5.56 Å². The highest BCUT2D eigenvalue weighted by Gasteiger charge is 2.09. The summed E-state index contributed by atoms with van der Waals surface area (Å²) in [5.41, 5.74) is 2.14. The zero-order valence-corrected chi connectivity index (χ0v) is 13.4. The van der Waals surface area contributed by atoms with Gasteiger partial charge in [0.15, 0.2) is 0 Å². The maximum absolute atomic E-state index is 12.8. The van der Waals surface area contributed by atoms with Crippen LogP contribution in [-0.2, 0) is 6.54 Å². The lowest BCUT2D eigenvalue weighted by atomic mass is 10.2. The molecule has 0 atom stereocenters. The summed E-state index contributed by atoms with van der Waals surface area (Å²) in [7, 11) is 1.55. The number of hydrogen-bond acceptors (Lipinski definition) is 2. The van der Waals surface area contributed by atoms with Gasteiger partial charge < -0.3 is 9.30 Å². The Balaban J connectivity index is 2.00. The molecule has 0 saturated carbocycles. The van der Waals surface area contributed by atoms with Gasteiger partial charge in [-0.3, -0.25) is 4.79 Å². The highest BCUT2D eigenvalue weighted by molar-refractivity contribution is 5.48. The van der Waals surface area contributed by atoms with Gasteiger partial charge in [-0.25, -0.2) is 0 Å². The molecule has 3 heteroatoms. The molecule has 0 spiro atoms. The topological polar surface area (TPSA) is 31.2 Å². The van der Waals surface area contributed by atoms with Crippen LogP contribution in [0.1, 0.15) is 16.7 Å². The Morgan fingerprint density at radius 1 is 0.917 bits per heavy atom. The molecule has 0 aliphatic carbocycles. The molecule has 1 heterocycles. The second-order valence-corrected chi connectivity index (χ2v) is 5.29. The van der Waals surface area contributed by atoms with E-state index in [1.54, 1.807) is 23.9 Å². The minimum absolute atomic E-state index is 0.151. The quantitative estimate of drug-likeness (QED) is 0.694. The van der Waals surface area contributed by atoms with E-state index in [1.165, 1.54) is 0 Å². The first-order chi connectivity index (χ1) is 11.8. The average molecular weight is 315 g/mol. The van der Waals surface area contributed by atoms with Crippen LogP contribution in [-0.4, -0.2) is 11.7 Å². The molecule has 0 radical (unpaired) electrons. The second kappa shape index (κ2) is 7.34. The van der Waals surface area contributed by atoms with Gasteiger partial charge in [-0.05, 0) is 23.8 Å². The summed E-state index contributed by atoms with van der Waals surface area (Å²) in [5.74, 6) is 6.48. The van der Waals surface area contributed by atoms with Crippen LogP contribution in [0.3, 0.4) is 0 Å². The number of pyridine rings is 1. The van der Waals surface area contributed by atoms with Crippen molar-refractivity contribution in [3.63, 3.8) is 0 Å². The van der Waals surface area contributed by atoms with Gasteiger partial charge in [0.05, 0.1) is 13.7 Å². The molecule has 1 aromatic heterocycles. The molecule has 0 fully saturated rings. The molecular formula is C21H17NO2. The Morgan fingerprint density at radius 3 is 2.25 bits per heavy atom. The molecule has 0 amide bonds. The Labute approximate surface area is 141 Å². The number of methoxy groups -OCH3 is 1. The lowest BCUT2D eigenvalue weighted by Crippen LogP contribution is -2.23.